The van der Waals surface area contributed by atoms with E-state index in [0.717, 1.165) is 5.69 Å². The fourth-order valence-electron chi connectivity index (χ4n) is 0.447. The molecular formula is C8H19N3. The second-order valence-corrected chi connectivity index (χ2v) is 1.48. The van der Waals surface area contributed by atoms with Crippen molar-refractivity contribution in [1.29, 1.82) is 0 Å². The summed E-state index contributed by atoms with van der Waals surface area (Å²) in [6, 6.07) is 0. The van der Waals surface area contributed by atoms with E-state index in [0.29, 0.717) is 0 Å². The van der Waals surface area contributed by atoms with Crippen LogP contribution in [0.3, 0.4) is 0 Å². The van der Waals surface area contributed by atoms with E-state index in [1.54, 1.807) is 13.2 Å². The van der Waals surface area contributed by atoms with Crippen molar-refractivity contribution in [2.45, 2.75) is 34.6 Å². The van der Waals surface area contributed by atoms with E-state index in [4.69, 9.17) is 0 Å². The fraction of sp³-hybridized carbons (Fsp3) is 0.750. The van der Waals surface area contributed by atoms with E-state index in [-0.39, 0.29) is 0 Å². The second kappa shape index (κ2) is 9.14. The number of aromatic nitrogens is 3. The van der Waals surface area contributed by atoms with E-state index in [1.807, 2.05) is 34.6 Å². The van der Waals surface area contributed by atoms with Gasteiger partial charge in [0.25, 0.3) is 0 Å². The van der Waals surface area contributed by atoms with Crippen LogP contribution in [0.4, 0.5) is 0 Å². The minimum Gasteiger partial charge on any atom is -0.188 e. The van der Waals surface area contributed by atoms with Crippen LogP contribution in [0.25, 0.3) is 0 Å². The van der Waals surface area contributed by atoms with Crippen molar-refractivity contribution >= 4 is 0 Å². The molecule has 0 atom stereocenters. The summed E-state index contributed by atoms with van der Waals surface area (Å²) in [6.07, 6.45) is 1.72. The Hall–Kier alpha value is -0.860. The molecule has 0 spiro atoms. The first kappa shape index (κ1) is 12.8. The van der Waals surface area contributed by atoms with Gasteiger partial charge in [0.15, 0.2) is 0 Å². The van der Waals surface area contributed by atoms with Crippen LogP contribution in [0.5, 0.6) is 0 Å². The molecule has 0 aliphatic heterocycles. The van der Waals surface area contributed by atoms with Gasteiger partial charge in [0.1, 0.15) is 0 Å². The molecule has 0 fully saturated rings. The van der Waals surface area contributed by atoms with Gasteiger partial charge in [-0.1, -0.05) is 27.7 Å². The fourth-order valence-corrected chi connectivity index (χ4v) is 0.447. The highest BCUT2D eigenvalue weighted by atomic mass is 15.4. The van der Waals surface area contributed by atoms with E-state index in [2.05, 4.69) is 10.2 Å². The molecule has 1 heterocycles. The summed E-state index contributed by atoms with van der Waals surface area (Å²) in [5.74, 6) is 0. The van der Waals surface area contributed by atoms with Crippen molar-refractivity contribution in [3.05, 3.63) is 11.9 Å². The maximum Gasteiger partial charge on any atom is 0.0796 e. The van der Waals surface area contributed by atoms with Crippen molar-refractivity contribution in [2.24, 2.45) is 7.05 Å². The third-order valence-electron chi connectivity index (χ3n) is 0.714. The van der Waals surface area contributed by atoms with Crippen LogP contribution in [0, 0.1) is 6.92 Å². The van der Waals surface area contributed by atoms with Gasteiger partial charge in [-0.25, -0.2) is 0 Å². The minimum absolute atomic E-state index is 0.961. The number of nitrogens with zero attached hydrogens (tertiary/aromatic N) is 3. The molecule has 0 amide bonds. The van der Waals surface area contributed by atoms with Crippen molar-refractivity contribution in [3.63, 3.8) is 0 Å². The Morgan fingerprint density at radius 1 is 1.18 bits per heavy atom. The molecular weight excluding hydrogens is 138 g/mol. The van der Waals surface area contributed by atoms with Gasteiger partial charge < -0.3 is 0 Å². The Morgan fingerprint density at radius 2 is 1.64 bits per heavy atom. The first-order valence-electron chi connectivity index (χ1n) is 4.12. The van der Waals surface area contributed by atoms with Gasteiger partial charge in [-0.2, -0.15) is 15.0 Å². The highest BCUT2D eigenvalue weighted by molar-refractivity contribution is 4.84. The molecule has 0 aromatic carbocycles. The standard InChI is InChI=1S/C4H7N3.2C2H6/c1-4-3-5-7(2)6-4;2*1-2/h3H,1-2H3;2*1-2H3. The molecule has 1 aromatic heterocycles. The molecule has 3 nitrogen and oxygen atoms in total. The molecule has 0 unspecified atom stereocenters. The maximum atomic E-state index is 3.92. The lowest BCUT2D eigenvalue weighted by atomic mass is 10.6. The topological polar surface area (TPSA) is 30.7 Å². The first-order valence-corrected chi connectivity index (χ1v) is 4.12. The number of aryl methyl sites for hydroxylation is 2. The van der Waals surface area contributed by atoms with E-state index in [1.165, 1.54) is 4.80 Å². The van der Waals surface area contributed by atoms with Gasteiger partial charge in [-0.05, 0) is 6.92 Å². The molecule has 0 aliphatic rings. The van der Waals surface area contributed by atoms with Crippen LogP contribution in [0.2, 0.25) is 0 Å². The van der Waals surface area contributed by atoms with Crippen LogP contribution >= 0.6 is 0 Å². The van der Waals surface area contributed by atoms with Crippen LogP contribution in [0.1, 0.15) is 33.4 Å². The molecule has 3 heteroatoms. The van der Waals surface area contributed by atoms with Crippen LogP contribution < -0.4 is 0 Å². The van der Waals surface area contributed by atoms with Gasteiger partial charge in [0.2, 0.25) is 0 Å². The van der Waals surface area contributed by atoms with Crippen molar-refractivity contribution in [3.8, 4) is 0 Å². The molecule has 1 aromatic rings. The zero-order valence-corrected chi connectivity index (χ0v) is 8.42. The number of hydrogen-bond donors (Lipinski definition) is 0. The Morgan fingerprint density at radius 3 is 1.73 bits per heavy atom. The minimum atomic E-state index is 0.961. The SMILES string of the molecule is CC.CC.Cc1cnn(C)n1. The highest BCUT2D eigenvalue weighted by Crippen LogP contribution is 1.81. The Labute approximate surface area is 69.4 Å². The predicted octanol–water partition coefficient (Wildman–Crippen LogP) is 2.18. The van der Waals surface area contributed by atoms with Crippen molar-refractivity contribution < 1.29 is 0 Å². The molecule has 0 bridgehead atoms. The molecule has 1 rings (SSSR count). The zero-order valence-electron chi connectivity index (χ0n) is 8.42. The van der Waals surface area contributed by atoms with E-state index < -0.39 is 0 Å². The molecule has 0 aliphatic carbocycles. The largest absolute Gasteiger partial charge is 0.188 e. The summed E-state index contributed by atoms with van der Waals surface area (Å²) >= 11 is 0. The Balaban J connectivity index is 0. The van der Waals surface area contributed by atoms with Gasteiger partial charge in [0, 0.05) is 7.05 Å². The zero-order chi connectivity index (χ0) is 9.28. The van der Waals surface area contributed by atoms with Gasteiger partial charge >= 0.3 is 0 Å². The molecule has 0 radical (unpaired) electrons. The first-order chi connectivity index (χ1) is 5.29. The Bertz CT molecular complexity index is 142. The summed E-state index contributed by atoms with van der Waals surface area (Å²) in [5.41, 5.74) is 0.961. The van der Waals surface area contributed by atoms with Crippen LogP contribution in [-0.2, 0) is 7.05 Å². The summed E-state index contributed by atoms with van der Waals surface area (Å²) in [4.78, 5) is 1.54. The monoisotopic (exact) mass is 157 g/mol. The average Bonchev–Trinajstić information content (AvgIpc) is 2.43. The second-order valence-electron chi connectivity index (χ2n) is 1.48. The van der Waals surface area contributed by atoms with E-state index in [9.17, 15) is 0 Å². The average molecular weight is 157 g/mol. The predicted molar refractivity (Wildman–Crippen MR) is 48.4 cm³/mol. The van der Waals surface area contributed by atoms with Crippen LogP contribution in [0.15, 0.2) is 6.20 Å². The lowest BCUT2D eigenvalue weighted by molar-refractivity contribution is 0.649. The lowest BCUT2D eigenvalue weighted by Crippen LogP contribution is -1.90. The van der Waals surface area contributed by atoms with Gasteiger partial charge in [-0.3, -0.25) is 0 Å². The third kappa shape index (κ3) is 7.03. The van der Waals surface area contributed by atoms with Crippen molar-refractivity contribution in [1.82, 2.24) is 15.0 Å². The maximum absolute atomic E-state index is 3.92. The molecule has 66 valence electrons. The third-order valence-corrected chi connectivity index (χ3v) is 0.714. The lowest BCUT2D eigenvalue weighted by Gasteiger charge is -1.77. The van der Waals surface area contributed by atoms with Gasteiger partial charge in [-0.15, -0.1) is 0 Å². The Kier molecular flexibility index (Phi) is 10.6. The summed E-state index contributed by atoms with van der Waals surface area (Å²) in [5, 5.41) is 7.74. The molecule has 0 N–H and O–H groups in total. The number of rotatable bonds is 0. The highest BCUT2D eigenvalue weighted by Gasteiger charge is 1.83. The van der Waals surface area contributed by atoms with Crippen LogP contribution in [-0.4, -0.2) is 15.0 Å². The summed E-state index contributed by atoms with van der Waals surface area (Å²) in [6.45, 7) is 9.91. The van der Waals surface area contributed by atoms with E-state index >= 15 is 0 Å². The number of hydrogen-bond acceptors (Lipinski definition) is 2. The molecule has 0 saturated heterocycles. The smallest absolute Gasteiger partial charge is 0.0796 e. The normalized spacial score (nSPS) is 7.09. The quantitative estimate of drug-likeness (QED) is 0.578. The van der Waals surface area contributed by atoms with Crippen molar-refractivity contribution in [2.75, 3.05) is 0 Å². The molecule has 11 heavy (non-hydrogen) atoms. The molecule has 0 saturated carbocycles. The van der Waals surface area contributed by atoms with Gasteiger partial charge in [0.05, 0.1) is 11.9 Å². The summed E-state index contributed by atoms with van der Waals surface area (Å²) < 4.78 is 0. The summed E-state index contributed by atoms with van der Waals surface area (Å²) in [7, 11) is 1.80.